The average molecular weight is 283 g/mol. The fourth-order valence-corrected chi connectivity index (χ4v) is 3.71. The predicted octanol–water partition coefficient (Wildman–Crippen LogP) is 1.30. The van der Waals surface area contributed by atoms with Gasteiger partial charge in [-0.15, -0.1) is 0 Å². The Morgan fingerprint density at radius 3 is 2.75 bits per heavy atom. The van der Waals surface area contributed by atoms with Crippen molar-refractivity contribution in [2.75, 3.05) is 46.4 Å². The number of hydrogen-bond donors (Lipinski definition) is 2. The minimum atomic E-state index is -0.0113. The van der Waals surface area contributed by atoms with Crippen LogP contribution in [0.4, 0.5) is 0 Å². The van der Waals surface area contributed by atoms with Crippen molar-refractivity contribution in [1.82, 2.24) is 15.1 Å². The van der Waals surface area contributed by atoms with Gasteiger partial charge >= 0.3 is 0 Å². The lowest BCUT2D eigenvalue weighted by Crippen LogP contribution is -2.48. The van der Waals surface area contributed by atoms with Crippen LogP contribution in [0.2, 0.25) is 0 Å². The predicted molar refractivity (Wildman–Crippen MR) is 84.1 cm³/mol. The first-order valence-corrected chi connectivity index (χ1v) is 8.47. The molecule has 2 fully saturated rings. The molecule has 2 aliphatic rings. The van der Waals surface area contributed by atoms with E-state index in [4.69, 9.17) is 0 Å². The van der Waals surface area contributed by atoms with Gasteiger partial charge in [-0.25, -0.2) is 0 Å². The maximum absolute atomic E-state index is 9.76. The molecule has 0 aromatic heterocycles. The number of nitrogens with one attached hydrogen (secondary N) is 1. The van der Waals surface area contributed by atoms with Gasteiger partial charge in [0.05, 0.1) is 6.61 Å². The molecule has 2 rings (SSSR count). The first-order valence-electron chi connectivity index (χ1n) is 8.47. The number of likely N-dealkylation sites (N-methyl/N-ethyl adjacent to an activating group) is 1. The third-order valence-corrected chi connectivity index (χ3v) is 5.23. The van der Waals surface area contributed by atoms with E-state index in [0.717, 1.165) is 25.8 Å². The van der Waals surface area contributed by atoms with E-state index >= 15 is 0 Å². The lowest BCUT2D eigenvalue weighted by molar-refractivity contribution is 0.147. The minimum absolute atomic E-state index is 0.0113. The number of rotatable bonds is 8. The molecule has 4 nitrogen and oxygen atoms in total. The smallest absolute Gasteiger partial charge is 0.0613 e. The molecule has 0 bridgehead atoms. The summed E-state index contributed by atoms with van der Waals surface area (Å²) in [6.45, 7) is 8.44. The van der Waals surface area contributed by atoms with Gasteiger partial charge in [0.2, 0.25) is 0 Å². The van der Waals surface area contributed by atoms with Gasteiger partial charge in [0, 0.05) is 24.7 Å². The van der Waals surface area contributed by atoms with Crippen molar-refractivity contribution in [3.8, 4) is 0 Å². The van der Waals surface area contributed by atoms with Crippen molar-refractivity contribution in [3.05, 3.63) is 0 Å². The van der Waals surface area contributed by atoms with Crippen molar-refractivity contribution in [2.24, 2.45) is 0 Å². The Hall–Kier alpha value is -0.160. The molecule has 1 aliphatic heterocycles. The van der Waals surface area contributed by atoms with E-state index < -0.39 is 0 Å². The summed E-state index contributed by atoms with van der Waals surface area (Å²) < 4.78 is 0. The third kappa shape index (κ3) is 4.17. The number of nitrogens with zero attached hydrogens (tertiary/aromatic N) is 2. The van der Waals surface area contributed by atoms with Crippen LogP contribution in [0.1, 0.15) is 45.4 Å². The molecule has 0 aromatic carbocycles. The van der Waals surface area contributed by atoms with Crippen LogP contribution in [0.5, 0.6) is 0 Å². The van der Waals surface area contributed by atoms with Crippen molar-refractivity contribution in [1.29, 1.82) is 0 Å². The quantitative estimate of drug-likeness (QED) is 0.704. The van der Waals surface area contributed by atoms with Crippen LogP contribution in [0.25, 0.3) is 0 Å². The van der Waals surface area contributed by atoms with Gasteiger partial charge in [-0.1, -0.05) is 6.92 Å². The van der Waals surface area contributed by atoms with Crippen LogP contribution in [-0.2, 0) is 0 Å². The third-order valence-electron chi connectivity index (χ3n) is 5.23. The minimum Gasteiger partial charge on any atom is -0.394 e. The standard InChI is InChI=1S/C16H33N3O/c1-3-8-17-16(14-20)7-6-15(13-16)18(2)11-12-19-9-4-5-10-19/h15,17,20H,3-14H2,1-2H3. The summed E-state index contributed by atoms with van der Waals surface area (Å²) in [4.78, 5) is 5.10. The van der Waals surface area contributed by atoms with Crippen LogP contribution >= 0.6 is 0 Å². The molecule has 118 valence electrons. The molecule has 1 saturated heterocycles. The van der Waals surface area contributed by atoms with Crippen LogP contribution in [0.3, 0.4) is 0 Å². The summed E-state index contributed by atoms with van der Waals surface area (Å²) >= 11 is 0. The topological polar surface area (TPSA) is 38.7 Å². The van der Waals surface area contributed by atoms with Gasteiger partial charge in [0.25, 0.3) is 0 Å². The zero-order valence-electron chi connectivity index (χ0n) is 13.4. The van der Waals surface area contributed by atoms with Gasteiger partial charge in [-0.05, 0) is 65.2 Å². The van der Waals surface area contributed by atoms with E-state index in [2.05, 4.69) is 29.1 Å². The number of hydrogen-bond acceptors (Lipinski definition) is 4. The first-order chi connectivity index (χ1) is 9.69. The van der Waals surface area contributed by atoms with E-state index in [0.29, 0.717) is 6.04 Å². The second-order valence-corrected chi connectivity index (χ2v) is 6.79. The summed E-state index contributed by atoms with van der Waals surface area (Å²) in [5.74, 6) is 0. The molecule has 0 radical (unpaired) electrons. The summed E-state index contributed by atoms with van der Waals surface area (Å²) in [6.07, 6.45) is 7.32. The van der Waals surface area contributed by atoms with Gasteiger partial charge in [-0.2, -0.15) is 0 Å². The molecule has 4 heteroatoms. The molecule has 2 N–H and O–H groups in total. The molecule has 0 amide bonds. The molecule has 2 unspecified atom stereocenters. The lowest BCUT2D eigenvalue weighted by atomic mass is 9.98. The van der Waals surface area contributed by atoms with Gasteiger partial charge in [0.1, 0.15) is 0 Å². The molecule has 1 saturated carbocycles. The Kier molecular flexibility index (Phi) is 6.27. The van der Waals surface area contributed by atoms with Crippen LogP contribution in [0.15, 0.2) is 0 Å². The fourth-order valence-electron chi connectivity index (χ4n) is 3.71. The number of aliphatic hydroxyl groups excluding tert-OH is 1. The van der Waals surface area contributed by atoms with Crippen molar-refractivity contribution >= 4 is 0 Å². The van der Waals surface area contributed by atoms with Gasteiger partial charge in [0.15, 0.2) is 0 Å². The Morgan fingerprint density at radius 2 is 2.10 bits per heavy atom. The maximum Gasteiger partial charge on any atom is 0.0613 e. The molecule has 0 spiro atoms. The SMILES string of the molecule is CCCNC1(CO)CCC(N(C)CCN2CCCC2)C1. The Labute approximate surface area is 124 Å². The Morgan fingerprint density at radius 1 is 1.35 bits per heavy atom. The molecule has 2 atom stereocenters. The lowest BCUT2D eigenvalue weighted by Gasteiger charge is -2.31. The zero-order chi connectivity index (χ0) is 14.4. The maximum atomic E-state index is 9.76. The highest BCUT2D eigenvalue weighted by Gasteiger charge is 2.39. The van der Waals surface area contributed by atoms with E-state index in [1.165, 1.54) is 45.4 Å². The zero-order valence-corrected chi connectivity index (χ0v) is 13.4. The van der Waals surface area contributed by atoms with Crippen LogP contribution < -0.4 is 5.32 Å². The van der Waals surface area contributed by atoms with E-state index in [1.807, 2.05) is 0 Å². The second kappa shape index (κ2) is 7.74. The molecule has 0 aromatic rings. The fraction of sp³-hybridized carbons (Fsp3) is 1.00. The first kappa shape index (κ1) is 16.2. The normalized spacial score (nSPS) is 31.5. The number of likely N-dealkylation sites (tertiary alicyclic amines) is 1. The highest BCUT2D eigenvalue weighted by atomic mass is 16.3. The Bertz CT molecular complexity index is 281. The van der Waals surface area contributed by atoms with E-state index in [9.17, 15) is 5.11 Å². The molecule has 1 heterocycles. The average Bonchev–Trinajstić information content (AvgIpc) is 3.13. The number of aliphatic hydroxyl groups is 1. The Balaban J connectivity index is 1.75. The largest absolute Gasteiger partial charge is 0.394 e. The van der Waals surface area contributed by atoms with Crippen LogP contribution in [0, 0.1) is 0 Å². The summed E-state index contributed by atoms with van der Waals surface area (Å²) in [5, 5.41) is 13.3. The van der Waals surface area contributed by atoms with Crippen molar-refractivity contribution < 1.29 is 5.11 Å². The van der Waals surface area contributed by atoms with Crippen molar-refractivity contribution in [2.45, 2.75) is 57.0 Å². The van der Waals surface area contributed by atoms with Gasteiger partial charge < -0.3 is 20.2 Å². The molecular formula is C16H33N3O. The second-order valence-electron chi connectivity index (χ2n) is 6.79. The summed E-state index contributed by atoms with van der Waals surface area (Å²) in [5.41, 5.74) is -0.0113. The molecular weight excluding hydrogens is 250 g/mol. The molecule has 1 aliphatic carbocycles. The van der Waals surface area contributed by atoms with E-state index in [-0.39, 0.29) is 12.1 Å². The van der Waals surface area contributed by atoms with E-state index in [1.54, 1.807) is 0 Å². The summed E-state index contributed by atoms with van der Waals surface area (Å²) in [7, 11) is 2.26. The van der Waals surface area contributed by atoms with Gasteiger partial charge in [-0.3, -0.25) is 0 Å². The summed E-state index contributed by atoms with van der Waals surface area (Å²) in [6, 6.07) is 0.633. The highest BCUT2D eigenvalue weighted by Crippen LogP contribution is 2.32. The molecule has 20 heavy (non-hydrogen) atoms. The monoisotopic (exact) mass is 283 g/mol. The van der Waals surface area contributed by atoms with Crippen molar-refractivity contribution in [3.63, 3.8) is 0 Å². The highest BCUT2D eigenvalue weighted by molar-refractivity contribution is 4.99. The van der Waals surface area contributed by atoms with Crippen LogP contribution in [-0.4, -0.2) is 72.9 Å².